The maximum Gasteiger partial charge on any atom is 0.637 e. The van der Waals surface area contributed by atoms with E-state index in [-0.39, 0.29) is 0 Å². The Morgan fingerprint density at radius 2 is 0.958 bits per heavy atom. The molecule has 0 rings (SSSR count). The number of nitro groups is 4. The molecule has 16 heteroatoms. The Labute approximate surface area is 130 Å². The van der Waals surface area contributed by atoms with E-state index >= 15 is 0 Å². The maximum atomic E-state index is 13.4. The van der Waals surface area contributed by atoms with Gasteiger partial charge in [-0.15, -0.1) is 0 Å². The van der Waals surface area contributed by atoms with Crippen LogP contribution >= 0.6 is 0 Å². The molecular weight excluding hydrogens is 350 g/mol. The summed E-state index contributed by atoms with van der Waals surface area (Å²) in [6.07, 6.45) is -2.69. The number of halogens is 2. The monoisotopic (exact) mass is 362 g/mol. The van der Waals surface area contributed by atoms with Crippen LogP contribution in [-0.2, 0) is 9.47 Å². The summed E-state index contributed by atoms with van der Waals surface area (Å²) in [4.78, 5) is 34.0. The fourth-order valence-electron chi connectivity index (χ4n) is 1.09. The molecule has 0 aliphatic heterocycles. The zero-order valence-electron chi connectivity index (χ0n) is 12.2. The summed E-state index contributed by atoms with van der Waals surface area (Å²) in [6.45, 7) is -1.12. The van der Waals surface area contributed by atoms with Gasteiger partial charge in [0, 0.05) is 0 Å². The predicted molar refractivity (Wildman–Crippen MR) is 66.5 cm³/mol. The van der Waals surface area contributed by atoms with Gasteiger partial charge in [0.25, 0.3) is 0 Å². The van der Waals surface area contributed by atoms with Gasteiger partial charge in [0.1, 0.15) is 19.7 Å². The molecule has 0 fully saturated rings. The number of hydrogen-bond donors (Lipinski definition) is 0. The molecule has 0 bridgehead atoms. The second-order valence-corrected chi connectivity index (χ2v) is 4.50. The molecule has 0 aliphatic rings. The molecule has 0 N–H and O–H groups in total. The topological polar surface area (TPSA) is 191 Å². The number of alkyl halides is 2. The van der Waals surface area contributed by atoms with E-state index in [1.54, 1.807) is 0 Å². The van der Waals surface area contributed by atoms with Gasteiger partial charge in [-0.3, -0.25) is 40.5 Å². The Morgan fingerprint density at radius 3 is 1.12 bits per heavy atom. The molecule has 2 atom stereocenters. The van der Waals surface area contributed by atoms with Crippen LogP contribution in [0.5, 0.6) is 0 Å². The molecule has 0 saturated carbocycles. The van der Waals surface area contributed by atoms with Crippen molar-refractivity contribution in [2.45, 2.75) is 37.9 Å². The van der Waals surface area contributed by atoms with Crippen molar-refractivity contribution in [3.63, 3.8) is 0 Å². The van der Waals surface area contributed by atoms with Crippen LogP contribution in [0.4, 0.5) is 8.78 Å². The van der Waals surface area contributed by atoms with Crippen LogP contribution in [0, 0.1) is 40.5 Å². The minimum Gasteiger partial charge on any atom is -0.358 e. The number of ether oxygens (including phenoxy) is 2. The van der Waals surface area contributed by atoms with Crippen LogP contribution in [0.25, 0.3) is 0 Å². The van der Waals surface area contributed by atoms with Crippen LogP contribution in [0.3, 0.4) is 0 Å². The van der Waals surface area contributed by atoms with Gasteiger partial charge in [0.2, 0.25) is 13.2 Å². The molecule has 0 aromatic heterocycles. The third-order valence-electron chi connectivity index (χ3n) is 2.84. The van der Waals surface area contributed by atoms with Crippen molar-refractivity contribution in [2.75, 3.05) is 13.2 Å². The van der Waals surface area contributed by atoms with Gasteiger partial charge in [-0.25, -0.2) is 0 Å². The average molecular weight is 362 g/mol. The lowest BCUT2D eigenvalue weighted by molar-refractivity contribution is -0.834. The summed E-state index contributed by atoms with van der Waals surface area (Å²) >= 11 is 0. The summed E-state index contributed by atoms with van der Waals surface area (Å²) in [5.41, 5.74) is 0. The minimum atomic E-state index is -4.14. The van der Waals surface area contributed by atoms with Crippen molar-refractivity contribution < 1.29 is 37.9 Å². The molecule has 0 aromatic rings. The zero-order chi connectivity index (χ0) is 19.3. The van der Waals surface area contributed by atoms with Crippen LogP contribution in [-0.4, -0.2) is 56.9 Å². The van der Waals surface area contributed by atoms with Crippen molar-refractivity contribution in [1.29, 1.82) is 0 Å². The molecule has 0 radical (unpaired) electrons. The molecule has 0 unspecified atom stereocenters. The summed E-state index contributed by atoms with van der Waals surface area (Å²) in [7, 11) is 0. The molecule has 14 nitrogen and oxygen atoms in total. The molecule has 0 amide bonds. The van der Waals surface area contributed by atoms with E-state index in [2.05, 4.69) is 9.47 Å². The van der Waals surface area contributed by atoms with E-state index in [1.165, 1.54) is 0 Å². The lowest BCUT2D eigenvalue weighted by Gasteiger charge is -2.21. The Kier molecular flexibility index (Phi) is 6.92. The average Bonchev–Trinajstić information content (AvgIpc) is 2.48. The van der Waals surface area contributed by atoms with Gasteiger partial charge in [0.05, 0.1) is 12.2 Å². The molecular formula is C8H12F2N4O10. The van der Waals surface area contributed by atoms with Gasteiger partial charge >= 0.3 is 11.8 Å². The molecule has 0 aliphatic carbocycles. The lowest BCUT2D eigenvalue weighted by atomic mass is 10.2. The first-order chi connectivity index (χ1) is 10.8. The van der Waals surface area contributed by atoms with Crippen molar-refractivity contribution in [3.05, 3.63) is 40.5 Å². The predicted octanol–water partition coefficient (Wildman–Crippen LogP) is 0.150. The number of hydrogen-bond acceptors (Lipinski definition) is 10. The summed E-state index contributed by atoms with van der Waals surface area (Å²) < 4.78 is 36.0. The molecule has 0 saturated heterocycles. The van der Waals surface area contributed by atoms with Crippen LogP contribution in [0.1, 0.15) is 13.8 Å². The molecule has 0 spiro atoms. The summed E-state index contributed by atoms with van der Waals surface area (Å²) in [6, 6.07) is 0. The fourth-order valence-corrected chi connectivity index (χ4v) is 1.09. The molecule has 24 heavy (non-hydrogen) atoms. The highest BCUT2D eigenvalue weighted by molar-refractivity contribution is 4.64. The quantitative estimate of drug-likeness (QED) is 0.211. The minimum absolute atomic E-state index is 1.07. The summed E-state index contributed by atoms with van der Waals surface area (Å²) in [5, 5.41) is 41.3. The number of nitrogens with zero attached hydrogens (tertiary/aromatic N) is 4. The third-order valence-corrected chi connectivity index (χ3v) is 2.84. The number of rotatable bonds is 11. The van der Waals surface area contributed by atoms with Crippen molar-refractivity contribution in [3.8, 4) is 0 Å². The second-order valence-electron chi connectivity index (χ2n) is 4.50. The maximum absolute atomic E-state index is 13.4. The SMILES string of the molecule is C[C@H](OCC(F)([N+](=O)[O-])[N+](=O)[O-])[C@@H](C)OCC(F)([N+](=O)[O-])[N+](=O)[O-]. The van der Waals surface area contributed by atoms with Gasteiger partial charge in [0.15, 0.2) is 0 Å². The van der Waals surface area contributed by atoms with Crippen molar-refractivity contribution in [2.24, 2.45) is 0 Å². The first-order valence-corrected chi connectivity index (χ1v) is 5.98. The van der Waals surface area contributed by atoms with E-state index in [0.29, 0.717) is 0 Å². The zero-order valence-corrected chi connectivity index (χ0v) is 12.2. The molecule has 0 heterocycles. The normalized spacial score (nSPS) is 14.7. The highest BCUT2D eigenvalue weighted by Crippen LogP contribution is 2.18. The van der Waals surface area contributed by atoms with Gasteiger partial charge in [-0.05, 0) is 13.8 Å². The van der Waals surface area contributed by atoms with Crippen LogP contribution < -0.4 is 0 Å². The molecule has 138 valence electrons. The van der Waals surface area contributed by atoms with Crippen LogP contribution in [0.2, 0.25) is 0 Å². The Bertz CT molecular complexity index is 457. The van der Waals surface area contributed by atoms with Crippen molar-refractivity contribution in [1.82, 2.24) is 0 Å². The third kappa shape index (κ3) is 4.69. The van der Waals surface area contributed by atoms with E-state index in [9.17, 15) is 49.2 Å². The van der Waals surface area contributed by atoms with Crippen LogP contribution in [0.15, 0.2) is 0 Å². The Balaban J connectivity index is 4.77. The first-order valence-electron chi connectivity index (χ1n) is 5.98. The molecule has 0 aromatic carbocycles. The van der Waals surface area contributed by atoms with Gasteiger partial charge in [-0.1, -0.05) is 8.78 Å². The van der Waals surface area contributed by atoms with Crippen molar-refractivity contribution >= 4 is 0 Å². The highest BCUT2D eigenvalue weighted by atomic mass is 19.2. The first kappa shape index (κ1) is 21.4. The largest absolute Gasteiger partial charge is 0.637 e. The smallest absolute Gasteiger partial charge is 0.358 e. The van der Waals surface area contributed by atoms with E-state index in [4.69, 9.17) is 0 Å². The standard InChI is InChI=1S/C8H12F2N4O10/c1-5(23-3-7(9,11(15)16)12(17)18)6(2)24-4-8(10,13(19)20)14(21)22/h5-6H,3-4H2,1-2H3/t5-,6+. The van der Waals surface area contributed by atoms with Gasteiger partial charge in [-0.2, -0.15) is 0 Å². The second kappa shape index (κ2) is 7.77. The van der Waals surface area contributed by atoms with Gasteiger partial charge < -0.3 is 9.47 Å². The Hall–Kier alpha value is -2.62. The van der Waals surface area contributed by atoms with E-state index in [1.807, 2.05) is 0 Å². The fraction of sp³-hybridized carbons (Fsp3) is 1.00. The van der Waals surface area contributed by atoms with E-state index in [0.717, 1.165) is 13.8 Å². The summed E-state index contributed by atoms with van der Waals surface area (Å²) in [5.74, 6) is -8.28. The van der Waals surface area contributed by atoms with E-state index < -0.39 is 56.9 Å². The lowest BCUT2D eigenvalue weighted by Crippen LogP contribution is -2.49. The Morgan fingerprint density at radius 1 is 0.750 bits per heavy atom. The highest BCUT2D eigenvalue weighted by Gasteiger charge is 2.60.